The fourth-order valence-corrected chi connectivity index (χ4v) is 2.56. The van der Waals surface area contributed by atoms with E-state index in [0.717, 1.165) is 6.20 Å². The van der Waals surface area contributed by atoms with Crippen molar-refractivity contribution in [3.63, 3.8) is 0 Å². The highest BCUT2D eigenvalue weighted by atomic mass is 32.2. The lowest BCUT2D eigenvalue weighted by Gasteiger charge is -2.07. The highest BCUT2D eigenvalue weighted by Gasteiger charge is 2.19. The Morgan fingerprint density at radius 3 is 2.43 bits per heavy atom. The zero-order valence-electron chi connectivity index (χ0n) is 10.6. The Morgan fingerprint density at radius 1 is 1.24 bits per heavy atom. The largest absolute Gasteiger partial charge is 0.329 e. The Balaban J connectivity index is 2.28. The lowest BCUT2D eigenvalue weighted by Crippen LogP contribution is -2.13. The summed E-state index contributed by atoms with van der Waals surface area (Å²) in [6, 6.07) is 1.08. The Bertz CT molecular complexity index is 738. The van der Waals surface area contributed by atoms with E-state index in [0.29, 0.717) is 18.7 Å². The highest BCUT2D eigenvalue weighted by Crippen LogP contribution is 2.20. The summed E-state index contributed by atoms with van der Waals surface area (Å²) in [6.45, 7) is 0.582. The van der Waals surface area contributed by atoms with Crippen LogP contribution < -0.4 is 10.5 Å². The number of rotatable bonds is 5. The summed E-state index contributed by atoms with van der Waals surface area (Å²) in [6.07, 6.45) is 2.28. The van der Waals surface area contributed by atoms with Crippen molar-refractivity contribution < 1.29 is 21.6 Å². The number of nitrogens with two attached hydrogens (primary N) is 1. The molecule has 21 heavy (non-hydrogen) atoms. The van der Waals surface area contributed by atoms with Crippen molar-refractivity contribution in [2.75, 3.05) is 11.3 Å². The molecule has 0 fully saturated rings. The molecule has 3 N–H and O–H groups in total. The van der Waals surface area contributed by atoms with Crippen molar-refractivity contribution >= 4 is 15.7 Å². The molecule has 0 aliphatic rings. The fraction of sp³-hybridized carbons (Fsp3) is 0.182. The van der Waals surface area contributed by atoms with E-state index in [2.05, 4.69) is 5.10 Å². The van der Waals surface area contributed by atoms with Crippen LogP contribution in [0.15, 0.2) is 29.4 Å². The number of nitrogens with one attached hydrogen (secondary N) is 1. The van der Waals surface area contributed by atoms with Crippen molar-refractivity contribution in [2.45, 2.75) is 11.4 Å². The quantitative estimate of drug-likeness (QED) is 0.806. The maximum atomic E-state index is 13.0. The van der Waals surface area contributed by atoms with E-state index in [4.69, 9.17) is 5.73 Å². The minimum atomic E-state index is -4.09. The van der Waals surface area contributed by atoms with Crippen molar-refractivity contribution in [1.82, 2.24) is 9.78 Å². The van der Waals surface area contributed by atoms with Crippen LogP contribution in [-0.4, -0.2) is 24.7 Å². The van der Waals surface area contributed by atoms with E-state index in [1.807, 2.05) is 4.72 Å². The molecular weight excluding hydrogens is 309 g/mol. The van der Waals surface area contributed by atoms with Crippen LogP contribution in [0.2, 0.25) is 0 Å². The minimum Gasteiger partial charge on any atom is -0.329 e. The fourth-order valence-electron chi connectivity index (χ4n) is 1.57. The zero-order chi connectivity index (χ0) is 15.6. The second-order valence-electron chi connectivity index (χ2n) is 4.09. The van der Waals surface area contributed by atoms with Gasteiger partial charge in [0.25, 0.3) is 10.0 Å². The van der Waals surface area contributed by atoms with E-state index in [1.54, 1.807) is 0 Å². The molecule has 2 aromatic rings. The molecule has 0 spiro atoms. The van der Waals surface area contributed by atoms with Crippen molar-refractivity contribution in [3.05, 3.63) is 42.0 Å². The number of hydrogen-bond acceptors (Lipinski definition) is 4. The predicted octanol–water partition coefficient (Wildman–Crippen LogP) is 1.06. The standard InChI is InChI=1S/C11H11F3N4O2S/c12-9-3-7(4-10(13)11(9)14)17-21(19,20)8-5-16-18(6-8)2-1-15/h3-6,17H,1-2,15H2. The summed E-state index contributed by atoms with van der Waals surface area (Å²) in [5.74, 6) is -4.66. The summed E-state index contributed by atoms with van der Waals surface area (Å²) < 4.78 is 66.1. The smallest absolute Gasteiger partial charge is 0.265 e. The van der Waals surface area contributed by atoms with Gasteiger partial charge in [0.2, 0.25) is 0 Å². The van der Waals surface area contributed by atoms with Gasteiger partial charge in [-0.25, -0.2) is 21.6 Å². The summed E-state index contributed by atoms with van der Waals surface area (Å²) in [4.78, 5) is -0.207. The van der Waals surface area contributed by atoms with Crippen molar-refractivity contribution in [2.24, 2.45) is 5.73 Å². The Labute approximate surface area is 118 Å². The van der Waals surface area contributed by atoms with E-state index in [9.17, 15) is 21.6 Å². The Kier molecular flexibility index (Phi) is 4.19. The van der Waals surface area contributed by atoms with Crippen LogP contribution in [0.5, 0.6) is 0 Å². The van der Waals surface area contributed by atoms with Gasteiger partial charge in [-0.05, 0) is 0 Å². The third-order valence-electron chi connectivity index (χ3n) is 2.51. The lowest BCUT2D eigenvalue weighted by atomic mass is 10.3. The number of nitrogens with zero attached hydrogens (tertiary/aromatic N) is 2. The van der Waals surface area contributed by atoms with Crippen LogP contribution in [0, 0.1) is 17.5 Å². The molecule has 0 aliphatic heterocycles. The summed E-state index contributed by atoms with van der Waals surface area (Å²) in [5, 5.41) is 3.77. The molecule has 6 nitrogen and oxygen atoms in total. The molecule has 0 saturated carbocycles. The van der Waals surface area contributed by atoms with Crippen molar-refractivity contribution in [3.8, 4) is 0 Å². The second-order valence-corrected chi connectivity index (χ2v) is 5.77. The number of sulfonamides is 1. The van der Waals surface area contributed by atoms with Gasteiger partial charge in [-0.1, -0.05) is 0 Å². The average molecular weight is 320 g/mol. The first-order chi connectivity index (χ1) is 9.83. The summed E-state index contributed by atoms with van der Waals surface area (Å²) in [5.41, 5.74) is 4.87. The SMILES string of the molecule is NCCn1cc(S(=O)(=O)Nc2cc(F)c(F)c(F)c2)cn1. The molecule has 1 heterocycles. The van der Waals surface area contributed by atoms with Crippen molar-refractivity contribution in [1.29, 1.82) is 0 Å². The number of anilines is 1. The number of aromatic nitrogens is 2. The Morgan fingerprint density at radius 2 is 1.86 bits per heavy atom. The Hall–Kier alpha value is -2.07. The van der Waals surface area contributed by atoms with Crippen LogP contribution in [0.1, 0.15) is 0 Å². The first-order valence-electron chi connectivity index (χ1n) is 5.73. The van der Waals surface area contributed by atoms with Gasteiger partial charge in [0.1, 0.15) is 4.90 Å². The van der Waals surface area contributed by atoms with E-state index >= 15 is 0 Å². The number of benzene rings is 1. The summed E-state index contributed by atoms with van der Waals surface area (Å²) >= 11 is 0. The van der Waals surface area contributed by atoms with Crippen LogP contribution in [0.4, 0.5) is 18.9 Å². The minimum absolute atomic E-state index is 0.207. The van der Waals surface area contributed by atoms with Gasteiger partial charge >= 0.3 is 0 Å². The molecule has 0 amide bonds. The molecule has 1 aromatic heterocycles. The molecule has 0 saturated heterocycles. The van der Waals surface area contributed by atoms with Crippen LogP contribution in [-0.2, 0) is 16.6 Å². The molecular formula is C11H11F3N4O2S. The van der Waals surface area contributed by atoms with Gasteiger partial charge in [-0.2, -0.15) is 5.10 Å². The van der Waals surface area contributed by atoms with Gasteiger partial charge in [-0.3, -0.25) is 9.40 Å². The molecule has 1 aromatic carbocycles. The maximum absolute atomic E-state index is 13.0. The van der Waals surface area contributed by atoms with Gasteiger partial charge < -0.3 is 5.73 Å². The first-order valence-corrected chi connectivity index (χ1v) is 7.21. The van der Waals surface area contributed by atoms with E-state index in [1.165, 1.54) is 10.9 Å². The van der Waals surface area contributed by atoms with Crippen LogP contribution in [0.25, 0.3) is 0 Å². The van der Waals surface area contributed by atoms with Gasteiger partial charge in [0.15, 0.2) is 17.5 Å². The van der Waals surface area contributed by atoms with Gasteiger partial charge in [0.05, 0.1) is 18.4 Å². The van der Waals surface area contributed by atoms with Gasteiger partial charge in [-0.15, -0.1) is 0 Å². The molecule has 10 heteroatoms. The number of halogens is 3. The molecule has 0 atom stereocenters. The highest BCUT2D eigenvalue weighted by molar-refractivity contribution is 7.92. The normalized spacial score (nSPS) is 11.6. The third-order valence-corrected chi connectivity index (χ3v) is 3.85. The summed E-state index contributed by atoms with van der Waals surface area (Å²) in [7, 11) is -4.09. The predicted molar refractivity (Wildman–Crippen MR) is 68.4 cm³/mol. The number of hydrogen-bond donors (Lipinski definition) is 2. The second kappa shape index (κ2) is 5.74. The van der Waals surface area contributed by atoms with Crippen LogP contribution >= 0.6 is 0 Å². The van der Waals surface area contributed by atoms with Gasteiger partial charge in [0, 0.05) is 24.9 Å². The molecule has 2 rings (SSSR count). The molecule has 0 radical (unpaired) electrons. The lowest BCUT2D eigenvalue weighted by molar-refractivity contribution is 0.448. The third kappa shape index (κ3) is 3.34. The topological polar surface area (TPSA) is 90.0 Å². The first kappa shape index (κ1) is 15.3. The molecule has 0 bridgehead atoms. The average Bonchev–Trinajstić information content (AvgIpc) is 2.85. The van der Waals surface area contributed by atoms with E-state index in [-0.39, 0.29) is 11.4 Å². The molecule has 0 aliphatic carbocycles. The molecule has 114 valence electrons. The zero-order valence-corrected chi connectivity index (χ0v) is 11.4. The van der Waals surface area contributed by atoms with Crippen LogP contribution in [0.3, 0.4) is 0 Å². The molecule has 0 unspecified atom stereocenters. The van der Waals surface area contributed by atoms with E-state index < -0.39 is 33.2 Å². The monoisotopic (exact) mass is 320 g/mol. The maximum Gasteiger partial charge on any atom is 0.265 e.